The highest BCUT2D eigenvalue weighted by atomic mass is 32.2. The number of hydrogen-bond acceptors (Lipinski definition) is 11. The number of hydrogen-bond donors (Lipinski definition) is 7. The van der Waals surface area contributed by atoms with E-state index in [0.717, 1.165) is 38.5 Å². The van der Waals surface area contributed by atoms with E-state index >= 15 is 0 Å². The van der Waals surface area contributed by atoms with Gasteiger partial charge in [0.05, 0.1) is 36.4 Å². The fourth-order valence-corrected chi connectivity index (χ4v) is 5.38. The van der Waals surface area contributed by atoms with Crippen molar-refractivity contribution in [1.29, 1.82) is 0 Å². The molecule has 5 unspecified atom stereocenters. The molecule has 1 amide bonds. The molecule has 1 aliphatic heterocycles. The van der Waals surface area contributed by atoms with Gasteiger partial charge in [-0.05, 0) is 33.1 Å². The molecule has 0 aromatic heterocycles. The molecule has 1 saturated heterocycles. The minimum Gasteiger partial charge on any atom is -0.394 e. The van der Waals surface area contributed by atoms with Gasteiger partial charge in [-0.2, -0.15) is 0 Å². The molecule has 7 N–H and O–H groups in total. The summed E-state index contributed by atoms with van der Waals surface area (Å²) in [6.07, 6.45) is -2.50. The molecule has 8 atom stereocenters. The first-order chi connectivity index (χ1) is 18.3. The second kappa shape index (κ2) is 18.5. The summed E-state index contributed by atoms with van der Waals surface area (Å²) in [5.74, 6) is -0.107. The van der Waals surface area contributed by atoms with Crippen LogP contribution in [0.1, 0.15) is 85.0 Å². The monoisotopic (exact) mass is 585 g/mol. The summed E-state index contributed by atoms with van der Waals surface area (Å²) in [4.78, 5) is 12.5. The number of nitrogens with one attached hydrogen (secondary N) is 1. The number of sulfone groups is 1. The minimum atomic E-state index is -2.97. The maximum Gasteiger partial charge on any atom is 0.220 e. The lowest BCUT2D eigenvalue weighted by Crippen LogP contribution is -2.60. The van der Waals surface area contributed by atoms with Gasteiger partial charge >= 0.3 is 0 Å². The van der Waals surface area contributed by atoms with Crippen molar-refractivity contribution in [3.8, 4) is 0 Å². The van der Waals surface area contributed by atoms with Gasteiger partial charge in [-0.1, -0.05) is 45.4 Å². The van der Waals surface area contributed by atoms with Crippen molar-refractivity contribution in [2.24, 2.45) is 0 Å². The second-order valence-electron chi connectivity index (χ2n) is 10.7. The number of rotatable bonds is 20. The molecular formula is C26H51NO11S. The van der Waals surface area contributed by atoms with E-state index in [2.05, 4.69) is 5.32 Å². The molecule has 0 saturated carbocycles. The second-order valence-corrected chi connectivity index (χ2v) is 13.3. The number of ether oxygens (including phenoxy) is 2. The molecule has 0 aliphatic carbocycles. The molecular weight excluding hydrogens is 534 g/mol. The van der Waals surface area contributed by atoms with E-state index in [9.17, 15) is 43.9 Å². The fourth-order valence-electron chi connectivity index (χ4n) is 4.30. The minimum absolute atomic E-state index is 0.207. The lowest BCUT2D eigenvalue weighted by atomic mass is 9.99. The van der Waals surface area contributed by atoms with E-state index < -0.39 is 65.4 Å². The zero-order valence-electron chi connectivity index (χ0n) is 23.5. The number of carbonyl (C=O) groups is 1. The van der Waals surface area contributed by atoms with Crippen LogP contribution in [0.5, 0.6) is 0 Å². The molecule has 0 aromatic rings. The van der Waals surface area contributed by atoms with Gasteiger partial charge < -0.3 is 45.4 Å². The highest BCUT2D eigenvalue weighted by Crippen LogP contribution is 2.22. The molecule has 0 aromatic carbocycles. The quantitative estimate of drug-likeness (QED) is 0.0929. The Morgan fingerprint density at radius 1 is 0.923 bits per heavy atom. The normalized spacial score (nSPS) is 26.4. The summed E-state index contributed by atoms with van der Waals surface area (Å²) in [5.41, 5.74) is 0. The summed E-state index contributed by atoms with van der Waals surface area (Å²) < 4.78 is 34.4. The molecule has 232 valence electrons. The van der Waals surface area contributed by atoms with Crippen molar-refractivity contribution >= 4 is 15.7 Å². The molecule has 0 spiro atoms. The molecule has 12 nitrogen and oxygen atoms in total. The van der Waals surface area contributed by atoms with Gasteiger partial charge in [-0.25, -0.2) is 8.42 Å². The van der Waals surface area contributed by atoms with Crippen molar-refractivity contribution < 1.29 is 53.3 Å². The molecule has 39 heavy (non-hydrogen) atoms. The predicted octanol–water partition coefficient (Wildman–Crippen LogP) is -0.246. The largest absolute Gasteiger partial charge is 0.394 e. The van der Waals surface area contributed by atoms with Crippen LogP contribution in [0.2, 0.25) is 0 Å². The van der Waals surface area contributed by atoms with Gasteiger partial charge in [0.25, 0.3) is 0 Å². The van der Waals surface area contributed by atoms with Crippen molar-refractivity contribution in [3.05, 3.63) is 0 Å². The Morgan fingerprint density at radius 3 is 2.03 bits per heavy atom. The topological polar surface area (TPSA) is 203 Å². The maximum atomic E-state index is 12.5. The highest BCUT2D eigenvalue weighted by molar-refractivity contribution is 7.91. The standard InChI is InChI=1S/C26H51NO11S/c1-4-19(29)22(31)18(16-37-26-25(34)24(33)23(32)20(15-28)38-26)27-21(30)13-11-9-7-5-6-8-10-12-14-39(35,36)17(2)3/h17-20,22-26,28-29,31-34H,4-16H2,1-3H3,(H,27,30)/t18-,19+,20?,22-,23?,24?,25?,26?/m0/s1. The molecule has 13 heteroatoms. The van der Waals surface area contributed by atoms with E-state index in [1.54, 1.807) is 20.8 Å². The first-order valence-corrected chi connectivity index (χ1v) is 15.9. The predicted molar refractivity (Wildman–Crippen MR) is 144 cm³/mol. The number of unbranched alkanes of at least 4 members (excludes halogenated alkanes) is 7. The van der Waals surface area contributed by atoms with Gasteiger partial charge in [0.2, 0.25) is 5.91 Å². The Balaban J connectivity index is 2.39. The van der Waals surface area contributed by atoms with Crippen LogP contribution in [-0.2, 0) is 24.1 Å². The summed E-state index contributed by atoms with van der Waals surface area (Å²) in [5, 5.41) is 62.2. The average Bonchev–Trinajstić information content (AvgIpc) is 2.90. The third kappa shape index (κ3) is 12.7. The number of aliphatic hydroxyl groups is 6. The number of aliphatic hydroxyl groups excluding tert-OH is 6. The van der Waals surface area contributed by atoms with E-state index in [0.29, 0.717) is 12.8 Å². The summed E-state index contributed by atoms with van der Waals surface area (Å²) in [7, 11) is -2.97. The van der Waals surface area contributed by atoms with Crippen LogP contribution in [0.3, 0.4) is 0 Å². The first-order valence-electron chi connectivity index (χ1n) is 14.1. The first kappa shape index (κ1) is 36.1. The van der Waals surface area contributed by atoms with Crippen LogP contribution in [-0.4, -0.2) is 118 Å². The molecule has 0 radical (unpaired) electrons. The number of carbonyl (C=O) groups excluding carboxylic acids is 1. The van der Waals surface area contributed by atoms with E-state index in [4.69, 9.17) is 9.47 Å². The lowest BCUT2D eigenvalue weighted by molar-refractivity contribution is -0.303. The van der Waals surface area contributed by atoms with Gasteiger partial charge in [0.1, 0.15) is 30.5 Å². The Bertz CT molecular complexity index is 780. The van der Waals surface area contributed by atoms with Crippen molar-refractivity contribution in [2.75, 3.05) is 19.0 Å². The molecule has 1 rings (SSSR count). The Kier molecular flexibility index (Phi) is 17.2. The van der Waals surface area contributed by atoms with E-state index in [1.807, 2.05) is 0 Å². The summed E-state index contributed by atoms with van der Waals surface area (Å²) >= 11 is 0. The van der Waals surface area contributed by atoms with Crippen molar-refractivity contribution in [2.45, 2.75) is 139 Å². The zero-order chi connectivity index (χ0) is 29.6. The SMILES string of the molecule is CC[C@@H](O)[C@@H](O)[C@H](COC1OC(CO)C(O)C(O)C1O)NC(=O)CCCCCCCCCCS(=O)(=O)C(C)C. The van der Waals surface area contributed by atoms with Gasteiger partial charge in [-0.3, -0.25) is 4.79 Å². The molecule has 0 bridgehead atoms. The molecule has 1 fully saturated rings. The summed E-state index contributed by atoms with van der Waals surface area (Å²) in [6.45, 7) is 4.09. The lowest BCUT2D eigenvalue weighted by Gasteiger charge is -2.40. The van der Waals surface area contributed by atoms with Crippen LogP contribution < -0.4 is 5.32 Å². The average molecular weight is 586 g/mol. The highest BCUT2D eigenvalue weighted by Gasteiger charge is 2.44. The number of amides is 1. The summed E-state index contributed by atoms with van der Waals surface area (Å²) in [6, 6.07) is -1.03. The van der Waals surface area contributed by atoms with Crippen LogP contribution in [0.25, 0.3) is 0 Å². The van der Waals surface area contributed by atoms with Gasteiger partial charge in [0, 0.05) is 6.42 Å². The van der Waals surface area contributed by atoms with Crippen LogP contribution in [0.4, 0.5) is 0 Å². The smallest absolute Gasteiger partial charge is 0.220 e. The maximum absolute atomic E-state index is 12.5. The third-order valence-electron chi connectivity index (χ3n) is 7.16. The zero-order valence-corrected chi connectivity index (χ0v) is 24.3. The van der Waals surface area contributed by atoms with E-state index in [-0.39, 0.29) is 36.4 Å². The van der Waals surface area contributed by atoms with E-state index in [1.165, 1.54) is 0 Å². The third-order valence-corrected chi connectivity index (χ3v) is 9.45. The fraction of sp³-hybridized carbons (Fsp3) is 0.962. The van der Waals surface area contributed by atoms with Crippen LogP contribution >= 0.6 is 0 Å². The van der Waals surface area contributed by atoms with Gasteiger partial charge in [-0.15, -0.1) is 0 Å². The molecule has 1 aliphatic rings. The van der Waals surface area contributed by atoms with Crippen LogP contribution in [0.15, 0.2) is 0 Å². The Hall–Kier alpha value is -0.900. The van der Waals surface area contributed by atoms with Crippen LogP contribution in [0, 0.1) is 0 Å². The Labute approximate surface area is 232 Å². The van der Waals surface area contributed by atoms with Gasteiger partial charge in [0.15, 0.2) is 16.1 Å². The van der Waals surface area contributed by atoms with Crippen molar-refractivity contribution in [1.82, 2.24) is 5.32 Å². The Morgan fingerprint density at radius 2 is 1.49 bits per heavy atom. The van der Waals surface area contributed by atoms with Crippen molar-refractivity contribution in [3.63, 3.8) is 0 Å². The molecule has 1 heterocycles.